The average molecular weight is 722 g/mol. The molecule has 0 unspecified atom stereocenters. The minimum Gasteiger partial charge on any atom is -0.491 e. The smallest absolute Gasteiger partial charge is 0.251 e. The second-order valence-electron chi connectivity index (χ2n) is 12.8. The third kappa shape index (κ3) is 10.6. The van der Waals surface area contributed by atoms with Crippen molar-refractivity contribution in [2.75, 3.05) is 43.1 Å². The number of ether oxygens (including phenoxy) is 2. The predicted octanol–water partition coefficient (Wildman–Crippen LogP) is 8.41. The summed E-state index contributed by atoms with van der Waals surface area (Å²) in [6.07, 6.45) is 0.214. The van der Waals surface area contributed by atoms with Crippen molar-refractivity contribution >= 4 is 33.2 Å². The average Bonchev–Trinajstić information content (AvgIpc) is 3.60. The highest BCUT2D eigenvalue weighted by molar-refractivity contribution is 7.90. The molecule has 0 atom stereocenters. The molecule has 0 aliphatic carbocycles. The molecule has 0 spiro atoms. The Morgan fingerprint density at radius 3 is 2.59 bits per heavy atom. The van der Waals surface area contributed by atoms with Gasteiger partial charge in [0.1, 0.15) is 12.4 Å². The number of aromatic nitrogens is 2. The number of imidazole rings is 1. The summed E-state index contributed by atoms with van der Waals surface area (Å²) in [6.45, 7) is 1.18. The molecule has 1 amide bonds. The summed E-state index contributed by atoms with van der Waals surface area (Å²) >= 11 is 0. The fourth-order valence-electron chi connectivity index (χ4n) is 5.99. The number of carbonyl (C=O) groups is 1. The van der Waals surface area contributed by atoms with E-state index in [-0.39, 0.29) is 23.2 Å². The number of nitrogens with one attached hydrogen (secondary N) is 1. The van der Waals surface area contributed by atoms with Crippen LogP contribution < -0.4 is 15.0 Å². The summed E-state index contributed by atoms with van der Waals surface area (Å²) < 4.78 is 108. The fraction of sp³-hybridized carbons (Fsp3) is 0.415. The van der Waals surface area contributed by atoms with Crippen LogP contribution in [0.15, 0.2) is 89.7 Å². The van der Waals surface area contributed by atoms with Gasteiger partial charge in [0.2, 0.25) is 0 Å². The molecular formula is C41H52N4O5S. The number of hydrogen-bond donors (Lipinski definition) is 1. The van der Waals surface area contributed by atoms with Crippen LogP contribution in [0.25, 0.3) is 17.2 Å². The highest BCUT2D eigenvalue weighted by Gasteiger charge is 2.21. The van der Waals surface area contributed by atoms with Crippen LogP contribution in [0.2, 0.25) is 0 Å². The Hall–Kier alpha value is -4.41. The Morgan fingerprint density at radius 1 is 1.06 bits per heavy atom. The van der Waals surface area contributed by atoms with Gasteiger partial charge in [0.15, 0.2) is 9.84 Å². The molecule has 272 valence electrons. The second kappa shape index (κ2) is 18.2. The van der Waals surface area contributed by atoms with E-state index in [9.17, 15) is 13.2 Å². The Bertz CT molecular complexity index is 2240. The number of aryl methyl sites for hydroxylation is 1. The number of nitrogens with zero attached hydrogens (tertiary/aromatic N) is 3. The summed E-state index contributed by atoms with van der Waals surface area (Å²) in [5.74, 6) is 0.333. The molecule has 0 radical (unpaired) electrons. The molecular weight excluding hydrogens is 661 g/mol. The molecule has 1 aliphatic heterocycles. The number of amides is 1. The summed E-state index contributed by atoms with van der Waals surface area (Å²) in [5, 5.41) is 2.95. The number of hydrogen-bond acceptors (Lipinski definition) is 7. The zero-order valence-electron chi connectivity index (χ0n) is 38.3. The molecule has 0 bridgehead atoms. The van der Waals surface area contributed by atoms with Gasteiger partial charge in [-0.2, -0.15) is 0 Å². The maximum Gasteiger partial charge on any atom is 0.251 e. The molecule has 1 aromatic heterocycles. The molecule has 9 nitrogen and oxygen atoms in total. The van der Waals surface area contributed by atoms with E-state index >= 15 is 0 Å². The number of rotatable bonds is 17. The summed E-state index contributed by atoms with van der Waals surface area (Å²) in [7, 11) is -3.65. The molecule has 4 aromatic rings. The molecule has 51 heavy (non-hydrogen) atoms. The highest BCUT2D eigenvalue weighted by atomic mass is 32.2. The van der Waals surface area contributed by atoms with Gasteiger partial charge >= 0.3 is 0 Å². The van der Waals surface area contributed by atoms with E-state index in [2.05, 4.69) is 29.0 Å². The first-order valence-electron chi connectivity index (χ1n) is 21.7. The quantitative estimate of drug-likeness (QED) is 0.109. The minimum atomic E-state index is -3.65. The van der Waals surface area contributed by atoms with E-state index in [1.807, 2.05) is 47.9 Å². The number of carbonyl (C=O) groups excluding carboxylic acids is 1. The van der Waals surface area contributed by atoms with Crippen LogP contribution in [0.3, 0.4) is 0 Å². The van der Waals surface area contributed by atoms with Gasteiger partial charge in [-0.25, -0.2) is 13.4 Å². The zero-order valence-corrected chi connectivity index (χ0v) is 30.1. The molecule has 1 N–H and O–H groups in total. The lowest BCUT2D eigenvalue weighted by Gasteiger charge is -2.30. The van der Waals surface area contributed by atoms with Gasteiger partial charge < -0.3 is 24.3 Å². The van der Waals surface area contributed by atoms with Gasteiger partial charge in [-0.3, -0.25) is 4.79 Å². The van der Waals surface area contributed by atoms with Gasteiger partial charge in [-0.15, -0.1) is 0 Å². The minimum absolute atomic E-state index is 0.150. The third-order valence-corrected chi connectivity index (χ3v) is 10.0. The zero-order chi connectivity index (χ0) is 44.1. The fourth-order valence-corrected chi connectivity index (χ4v) is 7.34. The van der Waals surface area contributed by atoms with Crippen LogP contribution in [0, 0.1) is 5.92 Å². The van der Waals surface area contributed by atoms with E-state index in [0.29, 0.717) is 41.6 Å². The van der Waals surface area contributed by atoms with Crippen molar-refractivity contribution in [3.63, 3.8) is 0 Å². The summed E-state index contributed by atoms with van der Waals surface area (Å²) in [4.78, 5) is 20.3. The van der Waals surface area contributed by atoms with Crippen molar-refractivity contribution in [3.8, 4) is 16.9 Å². The van der Waals surface area contributed by atoms with Gasteiger partial charge in [0.05, 0.1) is 32.0 Å². The number of sulfone groups is 1. The number of benzene rings is 3. The second-order valence-corrected chi connectivity index (χ2v) is 14.8. The van der Waals surface area contributed by atoms with E-state index in [0.717, 1.165) is 48.3 Å². The molecule has 5 rings (SSSR count). The standard InChI is InChI=1S/C41H52N4O5S/c1-5-7-22-49-23-24-50-38-15-10-32(11-16-38)33-12-19-40-35(25-33)26-34(9-8-21-44(40)28-31(3)4)41(46)43-36-13-17-39(18-14-36)51(47,48)29-37-27-42-30-45(37)20-6-2/h10-19,25-27,30-31H,5-9,20-24,28-29H2,1-4H3,(H,43,46)/b34-26+/i1D3,5D2,7D2,22D2. The van der Waals surface area contributed by atoms with E-state index in [4.69, 9.17) is 21.8 Å². The van der Waals surface area contributed by atoms with Crippen LogP contribution in [-0.4, -0.2) is 56.7 Å². The Balaban J connectivity index is 1.29. The van der Waals surface area contributed by atoms with Crippen molar-refractivity contribution in [1.82, 2.24) is 9.55 Å². The molecule has 2 heterocycles. The van der Waals surface area contributed by atoms with E-state index in [1.54, 1.807) is 36.8 Å². The normalized spacial score (nSPS) is 18.1. The van der Waals surface area contributed by atoms with Crippen molar-refractivity contribution in [2.45, 2.75) is 76.8 Å². The van der Waals surface area contributed by atoms with Crippen molar-refractivity contribution in [2.24, 2.45) is 5.92 Å². The lowest BCUT2D eigenvalue weighted by molar-refractivity contribution is -0.112. The molecule has 0 saturated carbocycles. The van der Waals surface area contributed by atoms with Crippen LogP contribution in [0.1, 0.15) is 83.2 Å². The van der Waals surface area contributed by atoms with E-state index < -0.39 is 42.6 Å². The number of anilines is 2. The highest BCUT2D eigenvalue weighted by Crippen LogP contribution is 2.33. The third-order valence-electron chi connectivity index (χ3n) is 8.35. The van der Waals surface area contributed by atoms with Crippen molar-refractivity contribution in [3.05, 3.63) is 96.1 Å². The topological polar surface area (TPSA) is 103 Å². The van der Waals surface area contributed by atoms with E-state index in [1.165, 1.54) is 12.1 Å². The van der Waals surface area contributed by atoms with Gasteiger partial charge in [-0.05, 0) is 103 Å². The molecule has 1 aliphatic rings. The van der Waals surface area contributed by atoms with Crippen molar-refractivity contribution in [1.29, 1.82) is 0 Å². The maximum absolute atomic E-state index is 13.8. The number of fused-ring (bicyclic) bond motifs is 1. The van der Waals surface area contributed by atoms with Crippen LogP contribution >= 0.6 is 0 Å². The first-order valence-corrected chi connectivity index (χ1v) is 18.8. The SMILES string of the molecule is [2H]C([2H])([2H])C([2H])([2H])C([2H])([2H])C([2H])([2H])OCCOc1ccc(-c2ccc3c(c2)/C=C(/C(=O)Nc2ccc(S(=O)(=O)Cc4cncn4CCC)cc2)CCCN3CC(C)C)cc1. The first kappa shape index (κ1) is 27.3. The van der Waals surface area contributed by atoms with Crippen LogP contribution in [0.4, 0.5) is 11.4 Å². The molecule has 0 saturated heterocycles. The molecule has 10 heteroatoms. The van der Waals surface area contributed by atoms with Gasteiger partial charge in [0.25, 0.3) is 5.91 Å². The molecule has 0 fully saturated rings. The van der Waals surface area contributed by atoms with Gasteiger partial charge in [0, 0.05) is 58.9 Å². The maximum atomic E-state index is 13.8. The Labute approximate surface area is 316 Å². The lowest BCUT2D eigenvalue weighted by Crippen LogP contribution is -2.30. The summed E-state index contributed by atoms with van der Waals surface area (Å²) in [5.41, 5.74) is 5.23. The van der Waals surface area contributed by atoms with Gasteiger partial charge in [-0.1, -0.05) is 52.2 Å². The first-order chi connectivity index (χ1) is 28.1. The lowest BCUT2D eigenvalue weighted by atomic mass is 9.96. The summed E-state index contributed by atoms with van der Waals surface area (Å²) in [6, 6.07) is 19.3. The predicted molar refractivity (Wildman–Crippen MR) is 206 cm³/mol. The van der Waals surface area contributed by atoms with Crippen molar-refractivity contribution < 1.29 is 35.0 Å². The van der Waals surface area contributed by atoms with Crippen LogP contribution in [0.5, 0.6) is 5.75 Å². The Morgan fingerprint density at radius 2 is 1.84 bits per heavy atom. The Kier molecular flexibility index (Phi) is 9.73. The molecule has 3 aromatic carbocycles. The van der Waals surface area contributed by atoms with Crippen LogP contribution in [-0.2, 0) is 31.7 Å². The largest absolute Gasteiger partial charge is 0.491 e. The monoisotopic (exact) mass is 721 g/mol.